The number of ether oxygens (including phenoxy) is 1. The summed E-state index contributed by atoms with van der Waals surface area (Å²) in [4.78, 5) is 2.24. The van der Waals surface area contributed by atoms with Crippen LogP contribution in [0.1, 0.15) is 40.5 Å². The van der Waals surface area contributed by atoms with E-state index in [0.29, 0.717) is 12.0 Å². The summed E-state index contributed by atoms with van der Waals surface area (Å²) in [5.74, 6) is 7.30. The van der Waals surface area contributed by atoms with Crippen molar-refractivity contribution < 1.29 is 4.74 Å². The minimum absolute atomic E-state index is 0.419. The molecule has 0 radical (unpaired) electrons. The minimum Gasteiger partial charge on any atom is -0.467 e. The van der Waals surface area contributed by atoms with Gasteiger partial charge >= 0.3 is 0 Å². The van der Waals surface area contributed by atoms with E-state index in [1.807, 2.05) is 6.92 Å². The Morgan fingerprint density at radius 1 is 1.35 bits per heavy atom. The molecule has 1 heterocycles. The van der Waals surface area contributed by atoms with Gasteiger partial charge in [-0.1, -0.05) is 26.7 Å². The summed E-state index contributed by atoms with van der Waals surface area (Å²) in [5, 5.41) is 0. The van der Waals surface area contributed by atoms with Crippen LogP contribution in [0, 0.1) is 23.2 Å². The van der Waals surface area contributed by atoms with Crippen LogP contribution in [0.4, 0.5) is 0 Å². The van der Waals surface area contributed by atoms with E-state index in [9.17, 15) is 0 Å². The molecule has 0 atom stereocenters. The van der Waals surface area contributed by atoms with Crippen LogP contribution in [-0.4, -0.2) is 24.6 Å². The molecular formula is C15H25NO. The zero-order chi connectivity index (χ0) is 12.9. The average Bonchev–Trinajstić information content (AvgIpc) is 2.28. The summed E-state index contributed by atoms with van der Waals surface area (Å²) < 4.78 is 5.50. The fraction of sp³-hybridized carbons (Fsp3) is 0.733. The maximum Gasteiger partial charge on any atom is 0.183 e. The first kappa shape index (κ1) is 14.0. The highest BCUT2D eigenvalue weighted by molar-refractivity contribution is 4.97. The minimum atomic E-state index is 0.419. The fourth-order valence-corrected chi connectivity index (χ4v) is 2.28. The van der Waals surface area contributed by atoms with Crippen molar-refractivity contribution in [3.05, 3.63) is 12.5 Å². The summed E-state index contributed by atoms with van der Waals surface area (Å²) in [6.07, 6.45) is 2.46. The molecule has 0 spiro atoms. The Morgan fingerprint density at radius 2 is 1.94 bits per heavy atom. The highest BCUT2D eigenvalue weighted by Gasteiger charge is 2.29. The van der Waals surface area contributed by atoms with Crippen molar-refractivity contribution in [1.82, 2.24) is 4.90 Å². The van der Waals surface area contributed by atoms with Crippen LogP contribution in [0.5, 0.6) is 0 Å². The SMILES string of the molecule is C=C(OCC#CC)N1CCC(C(C)(C)C)CC1. The number of likely N-dealkylation sites (tertiary alicyclic amines) is 1. The van der Waals surface area contributed by atoms with E-state index in [4.69, 9.17) is 4.74 Å². The zero-order valence-corrected chi connectivity index (χ0v) is 11.7. The molecule has 0 aromatic heterocycles. The molecule has 0 aromatic rings. The fourth-order valence-electron chi connectivity index (χ4n) is 2.28. The van der Waals surface area contributed by atoms with E-state index in [2.05, 4.69) is 44.1 Å². The van der Waals surface area contributed by atoms with Crippen molar-refractivity contribution in [1.29, 1.82) is 0 Å². The molecule has 2 heteroatoms. The first-order chi connectivity index (χ1) is 7.95. The molecule has 0 aromatic carbocycles. The number of nitrogens with zero attached hydrogens (tertiary/aromatic N) is 1. The summed E-state index contributed by atoms with van der Waals surface area (Å²) in [7, 11) is 0. The molecule has 1 aliphatic rings. The Bertz CT molecular complexity index is 308. The van der Waals surface area contributed by atoms with Gasteiger partial charge in [-0.15, -0.1) is 5.92 Å². The lowest BCUT2D eigenvalue weighted by Crippen LogP contribution is -2.37. The maximum absolute atomic E-state index is 5.50. The molecule has 0 amide bonds. The Hall–Kier alpha value is -1.10. The van der Waals surface area contributed by atoms with Crippen molar-refractivity contribution in [2.45, 2.75) is 40.5 Å². The van der Waals surface area contributed by atoms with Gasteiger partial charge in [-0.05, 0) is 37.7 Å². The van der Waals surface area contributed by atoms with E-state index in [-0.39, 0.29) is 0 Å². The Labute approximate surface area is 106 Å². The van der Waals surface area contributed by atoms with Crippen LogP contribution in [0.3, 0.4) is 0 Å². The quantitative estimate of drug-likeness (QED) is 0.550. The van der Waals surface area contributed by atoms with Gasteiger partial charge in [-0.3, -0.25) is 0 Å². The van der Waals surface area contributed by atoms with Gasteiger partial charge in [-0.2, -0.15) is 0 Å². The van der Waals surface area contributed by atoms with E-state index in [1.165, 1.54) is 12.8 Å². The first-order valence-corrected chi connectivity index (χ1v) is 6.41. The van der Waals surface area contributed by atoms with Gasteiger partial charge in [0.15, 0.2) is 12.5 Å². The van der Waals surface area contributed by atoms with Gasteiger partial charge in [0.2, 0.25) is 0 Å². The van der Waals surface area contributed by atoms with Gasteiger partial charge < -0.3 is 9.64 Å². The lowest BCUT2D eigenvalue weighted by atomic mass is 9.75. The van der Waals surface area contributed by atoms with E-state index >= 15 is 0 Å². The number of piperidine rings is 1. The molecule has 2 nitrogen and oxygen atoms in total. The molecule has 0 unspecified atom stereocenters. The molecule has 0 saturated carbocycles. The Morgan fingerprint density at radius 3 is 2.41 bits per heavy atom. The van der Waals surface area contributed by atoms with E-state index in [0.717, 1.165) is 24.9 Å². The smallest absolute Gasteiger partial charge is 0.183 e. The molecule has 96 valence electrons. The predicted octanol–water partition coefficient (Wildman–Crippen LogP) is 3.26. The summed E-state index contributed by atoms with van der Waals surface area (Å²) in [6.45, 7) is 15.3. The largest absolute Gasteiger partial charge is 0.467 e. The van der Waals surface area contributed by atoms with Crippen LogP contribution in [0.15, 0.2) is 12.5 Å². The second-order valence-electron chi connectivity index (χ2n) is 5.74. The molecule has 1 aliphatic heterocycles. The van der Waals surface area contributed by atoms with Gasteiger partial charge in [0.05, 0.1) is 0 Å². The lowest BCUT2D eigenvalue weighted by Gasteiger charge is -2.39. The molecule has 1 fully saturated rings. The van der Waals surface area contributed by atoms with Crippen molar-refractivity contribution in [2.24, 2.45) is 11.3 Å². The third kappa shape index (κ3) is 4.34. The molecule has 0 aliphatic carbocycles. The van der Waals surface area contributed by atoms with E-state index < -0.39 is 0 Å². The van der Waals surface area contributed by atoms with Crippen molar-refractivity contribution >= 4 is 0 Å². The molecular weight excluding hydrogens is 210 g/mol. The topological polar surface area (TPSA) is 12.5 Å². The Kier molecular flexibility index (Phi) is 4.93. The zero-order valence-electron chi connectivity index (χ0n) is 11.7. The first-order valence-electron chi connectivity index (χ1n) is 6.41. The van der Waals surface area contributed by atoms with Gasteiger partial charge in [0, 0.05) is 13.1 Å². The van der Waals surface area contributed by atoms with Crippen LogP contribution >= 0.6 is 0 Å². The van der Waals surface area contributed by atoms with Crippen LogP contribution in [0.25, 0.3) is 0 Å². The number of hydrogen-bond donors (Lipinski definition) is 0. The molecule has 17 heavy (non-hydrogen) atoms. The van der Waals surface area contributed by atoms with E-state index in [1.54, 1.807) is 0 Å². The standard InChI is InChI=1S/C15H25NO/c1-6-7-12-17-13(2)16-10-8-14(9-11-16)15(3,4)5/h14H,2,8-12H2,1,3-5H3. The van der Waals surface area contributed by atoms with Crippen molar-refractivity contribution in [2.75, 3.05) is 19.7 Å². The average molecular weight is 235 g/mol. The molecule has 1 rings (SSSR count). The maximum atomic E-state index is 5.50. The van der Waals surface area contributed by atoms with Gasteiger partial charge in [-0.25, -0.2) is 0 Å². The lowest BCUT2D eigenvalue weighted by molar-refractivity contribution is 0.0748. The van der Waals surface area contributed by atoms with Crippen molar-refractivity contribution in [3.63, 3.8) is 0 Å². The second kappa shape index (κ2) is 6.00. The molecule has 0 N–H and O–H groups in total. The van der Waals surface area contributed by atoms with Crippen LogP contribution < -0.4 is 0 Å². The summed E-state index contributed by atoms with van der Waals surface area (Å²) >= 11 is 0. The third-order valence-electron chi connectivity index (χ3n) is 3.56. The normalized spacial score (nSPS) is 17.3. The second-order valence-corrected chi connectivity index (χ2v) is 5.74. The highest BCUT2D eigenvalue weighted by Crippen LogP contribution is 2.34. The number of hydrogen-bond acceptors (Lipinski definition) is 2. The summed E-state index contributed by atoms with van der Waals surface area (Å²) in [5.41, 5.74) is 0.419. The number of rotatable bonds is 3. The van der Waals surface area contributed by atoms with Gasteiger partial charge in [0.1, 0.15) is 0 Å². The third-order valence-corrected chi connectivity index (χ3v) is 3.56. The monoisotopic (exact) mass is 235 g/mol. The van der Waals surface area contributed by atoms with Gasteiger partial charge in [0.25, 0.3) is 0 Å². The van der Waals surface area contributed by atoms with Crippen LogP contribution in [0.2, 0.25) is 0 Å². The molecule has 0 bridgehead atoms. The Balaban J connectivity index is 2.35. The molecule has 1 saturated heterocycles. The van der Waals surface area contributed by atoms with Crippen LogP contribution in [-0.2, 0) is 4.74 Å². The van der Waals surface area contributed by atoms with Crippen molar-refractivity contribution in [3.8, 4) is 11.8 Å². The highest BCUT2D eigenvalue weighted by atomic mass is 16.5. The predicted molar refractivity (Wildman–Crippen MR) is 72.3 cm³/mol. The summed E-state index contributed by atoms with van der Waals surface area (Å²) in [6, 6.07) is 0.